The number of hydrogen-bond donors (Lipinski definition) is 0. The van der Waals surface area contributed by atoms with Crippen LogP contribution in [0.4, 0.5) is 0 Å². The maximum atomic E-state index is 12.0. The van der Waals surface area contributed by atoms with Crippen molar-refractivity contribution in [2.75, 3.05) is 19.8 Å². The van der Waals surface area contributed by atoms with E-state index in [0.29, 0.717) is 23.5 Å². The van der Waals surface area contributed by atoms with Crippen LogP contribution in [0.3, 0.4) is 0 Å². The molecule has 0 radical (unpaired) electrons. The highest BCUT2D eigenvalue weighted by Crippen LogP contribution is 2.17. The van der Waals surface area contributed by atoms with E-state index < -0.39 is 5.97 Å². The molecule has 3 rings (SSSR count). The molecule has 0 aromatic heterocycles. The topological polar surface area (TPSA) is 61.8 Å². The molecule has 5 heteroatoms. The lowest BCUT2D eigenvalue weighted by Gasteiger charge is -2.11. The van der Waals surface area contributed by atoms with Crippen LogP contribution < -0.4 is 4.74 Å². The van der Waals surface area contributed by atoms with Crippen LogP contribution in [0.5, 0.6) is 5.75 Å². The summed E-state index contributed by atoms with van der Waals surface area (Å²) in [5.41, 5.74) is 0.901. The molecule has 0 N–H and O–H groups in total. The third-order valence-corrected chi connectivity index (χ3v) is 3.98. The van der Waals surface area contributed by atoms with Crippen molar-refractivity contribution in [1.29, 1.82) is 0 Å². The van der Waals surface area contributed by atoms with Gasteiger partial charge in [-0.15, -0.1) is 0 Å². The second-order valence-electron chi connectivity index (χ2n) is 5.84. The molecule has 130 valence electrons. The van der Waals surface area contributed by atoms with Crippen molar-refractivity contribution in [3.8, 4) is 5.75 Å². The van der Waals surface area contributed by atoms with Crippen molar-refractivity contribution in [3.63, 3.8) is 0 Å². The molecule has 25 heavy (non-hydrogen) atoms. The van der Waals surface area contributed by atoms with Gasteiger partial charge in [-0.3, -0.25) is 4.79 Å². The molecule has 0 unspecified atom stereocenters. The highest BCUT2D eigenvalue weighted by atomic mass is 16.5. The van der Waals surface area contributed by atoms with Crippen molar-refractivity contribution < 1.29 is 23.8 Å². The lowest BCUT2D eigenvalue weighted by atomic mass is 10.1. The summed E-state index contributed by atoms with van der Waals surface area (Å²) in [5.74, 6) is -0.0900. The van der Waals surface area contributed by atoms with Gasteiger partial charge in [-0.1, -0.05) is 30.3 Å². The first kappa shape index (κ1) is 17.2. The van der Waals surface area contributed by atoms with E-state index in [1.54, 1.807) is 48.5 Å². The molecule has 0 aliphatic carbocycles. The van der Waals surface area contributed by atoms with E-state index in [1.165, 1.54) is 0 Å². The quantitative estimate of drug-likeness (QED) is 0.572. The number of carbonyl (C=O) groups is 2. The Morgan fingerprint density at radius 1 is 1.00 bits per heavy atom. The number of ketones is 1. The summed E-state index contributed by atoms with van der Waals surface area (Å²) < 4.78 is 16.2. The summed E-state index contributed by atoms with van der Waals surface area (Å²) in [5, 5.41) is 0. The Morgan fingerprint density at radius 3 is 2.44 bits per heavy atom. The van der Waals surface area contributed by atoms with Crippen LogP contribution in [0.15, 0.2) is 54.6 Å². The summed E-state index contributed by atoms with van der Waals surface area (Å²) in [6.07, 6.45) is 2.23. The monoisotopic (exact) mass is 340 g/mol. The van der Waals surface area contributed by atoms with Gasteiger partial charge in [0.15, 0.2) is 12.4 Å². The van der Waals surface area contributed by atoms with Gasteiger partial charge in [0.05, 0.1) is 11.7 Å². The van der Waals surface area contributed by atoms with E-state index in [-0.39, 0.29) is 18.5 Å². The number of hydrogen-bond acceptors (Lipinski definition) is 5. The van der Waals surface area contributed by atoms with Gasteiger partial charge in [0.1, 0.15) is 12.4 Å². The van der Waals surface area contributed by atoms with Crippen LogP contribution in [0.2, 0.25) is 0 Å². The predicted octanol–water partition coefficient (Wildman–Crippen LogP) is 3.28. The Balaban J connectivity index is 1.47. The van der Waals surface area contributed by atoms with Crippen molar-refractivity contribution in [2.24, 2.45) is 0 Å². The molecule has 1 heterocycles. The standard InChI is InChI=1S/C20H20O5/c21-19(15-5-2-1-3-6-15)14-25-20(22)16-8-10-17(11-9-16)24-13-18-7-4-12-23-18/h1-3,5-6,8-11,18H,4,7,12-14H2/t18-/m1/s1. The maximum Gasteiger partial charge on any atom is 0.338 e. The Hall–Kier alpha value is -2.66. The molecule has 1 atom stereocenters. The molecule has 0 bridgehead atoms. The number of carbonyl (C=O) groups excluding carboxylic acids is 2. The fraction of sp³-hybridized carbons (Fsp3) is 0.300. The van der Waals surface area contributed by atoms with Gasteiger partial charge >= 0.3 is 5.97 Å². The number of benzene rings is 2. The average Bonchev–Trinajstić information content (AvgIpc) is 3.19. The van der Waals surface area contributed by atoms with Crippen LogP contribution in [0.25, 0.3) is 0 Å². The molecule has 0 saturated carbocycles. The van der Waals surface area contributed by atoms with Gasteiger partial charge in [0.2, 0.25) is 0 Å². The van der Waals surface area contributed by atoms with Crippen molar-refractivity contribution in [1.82, 2.24) is 0 Å². The first-order chi connectivity index (χ1) is 12.2. The lowest BCUT2D eigenvalue weighted by molar-refractivity contribution is 0.0474. The summed E-state index contributed by atoms with van der Waals surface area (Å²) in [6.45, 7) is 1.02. The fourth-order valence-corrected chi connectivity index (χ4v) is 2.57. The van der Waals surface area contributed by atoms with E-state index >= 15 is 0 Å². The minimum atomic E-state index is -0.532. The third-order valence-electron chi connectivity index (χ3n) is 3.98. The molecule has 1 saturated heterocycles. The average molecular weight is 340 g/mol. The molecule has 1 aliphatic rings. The molecule has 0 spiro atoms. The van der Waals surface area contributed by atoms with Gasteiger partial charge in [0.25, 0.3) is 0 Å². The predicted molar refractivity (Wildman–Crippen MR) is 92.0 cm³/mol. The molecule has 2 aromatic rings. The van der Waals surface area contributed by atoms with E-state index in [2.05, 4.69) is 0 Å². The number of ether oxygens (including phenoxy) is 3. The first-order valence-corrected chi connectivity index (χ1v) is 8.32. The van der Waals surface area contributed by atoms with Gasteiger partial charge in [0, 0.05) is 12.2 Å². The highest BCUT2D eigenvalue weighted by molar-refractivity contribution is 5.99. The van der Waals surface area contributed by atoms with E-state index in [4.69, 9.17) is 14.2 Å². The van der Waals surface area contributed by atoms with Crippen LogP contribution in [0, 0.1) is 0 Å². The zero-order chi connectivity index (χ0) is 17.5. The second-order valence-corrected chi connectivity index (χ2v) is 5.84. The number of Topliss-reactive ketones (excluding diaryl/α,β-unsaturated/α-hetero) is 1. The molecule has 0 amide bonds. The Bertz CT molecular complexity index is 703. The second kappa shape index (κ2) is 8.44. The van der Waals surface area contributed by atoms with Crippen LogP contribution in [-0.2, 0) is 9.47 Å². The zero-order valence-electron chi connectivity index (χ0n) is 13.9. The normalized spacial score (nSPS) is 16.4. The number of esters is 1. The molecular weight excluding hydrogens is 320 g/mol. The summed E-state index contributed by atoms with van der Waals surface area (Å²) in [6, 6.07) is 15.4. The van der Waals surface area contributed by atoms with E-state index in [1.807, 2.05) is 6.07 Å². The minimum absolute atomic E-state index is 0.147. The van der Waals surface area contributed by atoms with E-state index in [9.17, 15) is 9.59 Å². The van der Waals surface area contributed by atoms with Crippen molar-refractivity contribution >= 4 is 11.8 Å². The fourth-order valence-electron chi connectivity index (χ4n) is 2.57. The summed E-state index contributed by atoms with van der Waals surface area (Å²) >= 11 is 0. The van der Waals surface area contributed by atoms with Gasteiger partial charge in [-0.05, 0) is 37.1 Å². The molecular formula is C20H20O5. The van der Waals surface area contributed by atoms with Gasteiger partial charge in [-0.2, -0.15) is 0 Å². The Kier molecular flexibility index (Phi) is 5.80. The smallest absolute Gasteiger partial charge is 0.338 e. The highest BCUT2D eigenvalue weighted by Gasteiger charge is 2.16. The van der Waals surface area contributed by atoms with Crippen molar-refractivity contribution in [2.45, 2.75) is 18.9 Å². The Morgan fingerprint density at radius 2 is 1.76 bits per heavy atom. The molecule has 1 aliphatic heterocycles. The summed E-state index contributed by atoms with van der Waals surface area (Å²) in [7, 11) is 0. The summed E-state index contributed by atoms with van der Waals surface area (Å²) in [4.78, 5) is 24.0. The van der Waals surface area contributed by atoms with Crippen LogP contribution >= 0.6 is 0 Å². The maximum absolute atomic E-state index is 12.0. The Labute approximate surface area is 146 Å². The lowest BCUT2D eigenvalue weighted by Crippen LogP contribution is -2.16. The largest absolute Gasteiger partial charge is 0.491 e. The molecule has 5 nitrogen and oxygen atoms in total. The van der Waals surface area contributed by atoms with Crippen LogP contribution in [0.1, 0.15) is 33.6 Å². The number of rotatable bonds is 7. The third kappa shape index (κ3) is 4.90. The SMILES string of the molecule is O=C(COC(=O)c1ccc(OC[C@H]2CCCO2)cc1)c1ccccc1. The van der Waals surface area contributed by atoms with E-state index in [0.717, 1.165) is 19.4 Å². The first-order valence-electron chi connectivity index (χ1n) is 8.32. The van der Waals surface area contributed by atoms with Gasteiger partial charge in [-0.25, -0.2) is 4.79 Å². The zero-order valence-corrected chi connectivity index (χ0v) is 13.9. The molecule has 1 fully saturated rings. The van der Waals surface area contributed by atoms with Gasteiger partial charge < -0.3 is 14.2 Å². The van der Waals surface area contributed by atoms with Crippen molar-refractivity contribution in [3.05, 3.63) is 65.7 Å². The van der Waals surface area contributed by atoms with Crippen LogP contribution in [-0.4, -0.2) is 37.7 Å². The molecule has 2 aromatic carbocycles. The minimum Gasteiger partial charge on any atom is -0.491 e.